The van der Waals surface area contributed by atoms with Crippen molar-refractivity contribution in [1.82, 2.24) is 25.9 Å². The molecule has 0 bridgehead atoms. The standard InChI is InChI=1S/C19H20F3N5O2S/c1-2-13(11-4-6-12(7-5-11)30-19(20,21)22)26-18(29)14-10-15(28)27-17(25-14)16-23-8-3-9-24-16/h3-9,13-14,17,25H,2,10H2,1H3,(H,26,29)(H,27,28)/t13-,14?,17?/m1/s1. The number of carbonyl (C=O) groups is 2. The van der Waals surface area contributed by atoms with Crippen LogP contribution in [0.2, 0.25) is 0 Å². The van der Waals surface area contributed by atoms with Crippen LogP contribution in [0.25, 0.3) is 0 Å². The Balaban J connectivity index is 1.66. The molecule has 0 saturated carbocycles. The van der Waals surface area contributed by atoms with Crippen molar-refractivity contribution in [1.29, 1.82) is 0 Å². The highest BCUT2D eigenvalue weighted by molar-refractivity contribution is 8.00. The van der Waals surface area contributed by atoms with Crippen LogP contribution in [-0.2, 0) is 9.59 Å². The van der Waals surface area contributed by atoms with Crippen LogP contribution in [0.1, 0.15) is 43.4 Å². The molecule has 1 aromatic carbocycles. The van der Waals surface area contributed by atoms with Crippen LogP contribution in [-0.4, -0.2) is 33.3 Å². The Hall–Kier alpha value is -2.66. The highest BCUT2D eigenvalue weighted by Gasteiger charge is 2.33. The molecular formula is C19H20F3N5O2S. The van der Waals surface area contributed by atoms with Gasteiger partial charge < -0.3 is 10.6 Å². The van der Waals surface area contributed by atoms with Crippen molar-refractivity contribution in [2.45, 2.75) is 48.4 Å². The van der Waals surface area contributed by atoms with E-state index in [0.29, 0.717) is 17.8 Å². The number of hydrogen-bond donors (Lipinski definition) is 3. The first kappa shape index (κ1) is 22.0. The van der Waals surface area contributed by atoms with Gasteiger partial charge in [0.05, 0.1) is 18.5 Å². The summed E-state index contributed by atoms with van der Waals surface area (Å²) in [4.78, 5) is 33.1. The fourth-order valence-electron chi connectivity index (χ4n) is 3.07. The quantitative estimate of drug-likeness (QED) is 0.599. The van der Waals surface area contributed by atoms with Gasteiger partial charge in [0.25, 0.3) is 0 Å². The molecule has 1 aliphatic rings. The number of thioether (sulfide) groups is 1. The Morgan fingerprint density at radius 3 is 2.53 bits per heavy atom. The third kappa shape index (κ3) is 5.92. The molecule has 11 heteroatoms. The summed E-state index contributed by atoms with van der Waals surface area (Å²) in [5, 5.41) is 8.57. The predicted octanol–water partition coefficient (Wildman–Crippen LogP) is 2.83. The van der Waals surface area contributed by atoms with Gasteiger partial charge in [-0.3, -0.25) is 14.9 Å². The molecule has 2 aromatic rings. The summed E-state index contributed by atoms with van der Waals surface area (Å²) in [6.07, 6.45) is 2.86. The molecule has 3 rings (SSSR count). The number of halogens is 3. The Morgan fingerprint density at radius 2 is 1.93 bits per heavy atom. The molecule has 7 nitrogen and oxygen atoms in total. The van der Waals surface area contributed by atoms with E-state index in [2.05, 4.69) is 25.9 Å². The van der Waals surface area contributed by atoms with Gasteiger partial charge in [-0.1, -0.05) is 19.1 Å². The minimum Gasteiger partial charge on any atom is -0.348 e. The maximum Gasteiger partial charge on any atom is 0.446 e. The average Bonchev–Trinajstić information content (AvgIpc) is 2.71. The van der Waals surface area contributed by atoms with Gasteiger partial charge in [0.2, 0.25) is 11.8 Å². The molecule has 2 heterocycles. The third-order valence-electron chi connectivity index (χ3n) is 4.46. The van der Waals surface area contributed by atoms with E-state index in [-0.39, 0.29) is 34.9 Å². The van der Waals surface area contributed by atoms with Crippen LogP contribution in [0, 0.1) is 0 Å². The summed E-state index contributed by atoms with van der Waals surface area (Å²) in [7, 11) is 0. The van der Waals surface area contributed by atoms with Crippen molar-refractivity contribution in [2.24, 2.45) is 0 Å². The monoisotopic (exact) mass is 439 g/mol. The molecule has 1 aliphatic heterocycles. The van der Waals surface area contributed by atoms with E-state index < -0.39 is 23.8 Å². The van der Waals surface area contributed by atoms with Gasteiger partial charge in [-0.2, -0.15) is 13.2 Å². The molecule has 160 valence electrons. The van der Waals surface area contributed by atoms with Crippen molar-refractivity contribution >= 4 is 23.6 Å². The van der Waals surface area contributed by atoms with Crippen molar-refractivity contribution in [3.05, 3.63) is 54.1 Å². The number of alkyl halides is 3. The smallest absolute Gasteiger partial charge is 0.348 e. The van der Waals surface area contributed by atoms with E-state index in [1.54, 1.807) is 18.2 Å². The van der Waals surface area contributed by atoms with Crippen molar-refractivity contribution in [2.75, 3.05) is 0 Å². The number of nitrogens with one attached hydrogen (secondary N) is 3. The van der Waals surface area contributed by atoms with E-state index in [1.165, 1.54) is 24.5 Å². The second kappa shape index (κ2) is 9.43. The Bertz CT molecular complexity index is 880. The van der Waals surface area contributed by atoms with E-state index in [1.807, 2.05) is 6.92 Å². The molecule has 2 unspecified atom stereocenters. The molecule has 0 aliphatic carbocycles. The molecule has 1 saturated heterocycles. The van der Waals surface area contributed by atoms with E-state index in [9.17, 15) is 22.8 Å². The number of benzene rings is 1. The molecule has 1 fully saturated rings. The van der Waals surface area contributed by atoms with Crippen LogP contribution in [0.3, 0.4) is 0 Å². The average molecular weight is 439 g/mol. The van der Waals surface area contributed by atoms with Crippen LogP contribution < -0.4 is 16.0 Å². The molecule has 30 heavy (non-hydrogen) atoms. The summed E-state index contributed by atoms with van der Waals surface area (Å²) < 4.78 is 37.5. The number of carbonyl (C=O) groups excluding carboxylic acids is 2. The first-order valence-corrected chi connectivity index (χ1v) is 10.0. The molecule has 0 radical (unpaired) electrons. The molecule has 3 atom stereocenters. The summed E-state index contributed by atoms with van der Waals surface area (Å²) >= 11 is -0.190. The third-order valence-corrected chi connectivity index (χ3v) is 5.20. The van der Waals surface area contributed by atoms with Crippen molar-refractivity contribution < 1.29 is 22.8 Å². The van der Waals surface area contributed by atoms with Crippen molar-refractivity contribution in [3.8, 4) is 0 Å². The van der Waals surface area contributed by atoms with Gasteiger partial charge in [0, 0.05) is 17.3 Å². The summed E-state index contributed by atoms with van der Waals surface area (Å²) in [6, 6.07) is 6.31. The number of aromatic nitrogens is 2. The van der Waals surface area contributed by atoms with Gasteiger partial charge in [0.1, 0.15) is 6.17 Å². The zero-order valence-corrected chi connectivity index (χ0v) is 16.8. The highest BCUT2D eigenvalue weighted by Crippen LogP contribution is 2.37. The Morgan fingerprint density at radius 1 is 1.27 bits per heavy atom. The van der Waals surface area contributed by atoms with Gasteiger partial charge in [-0.15, -0.1) is 0 Å². The fourth-order valence-corrected chi connectivity index (χ4v) is 3.61. The minimum absolute atomic E-state index is 0.0488. The second-order valence-electron chi connectivity index (χ2n) is 6.62. The lowest BCUT2D eigenvalue weighted by Crippen LogP contribution is -2.57. The van der Waals surface area contributed by atoms with Crippen molar-refractivity contribution in [3.63, 3.8) is 0 Å². The van der Waals surface area contributed by atoms with E-state index >= 15 is 0 Å². The summed E-state index contributed by atoms with van der Waals surface area (Å²) in [5.41, 5.74) is -3.67. The molecule has 2 amide bonds. The molecule has 3 N–H and O–H groups in total. The van der Waals surface area contributed by atoms with Crippen LogP contribution in [0.5, 0.6) is 0 Å². The first-order chi connectivity index (χ1) is 14.2. The second-order valence-corrected chi connectivity index (χ2v) is 7.76. The number of rotatable bonds is 6. The van der Waals surface area contributed by atoms with E-state index in [4.69, 9.17) is 0 Å². The lowest BCUT2D eigenvalue weighted by molar-refractivity contribution is -0.132. The normalized spacial score (nSPS) is 20.3. The molecule has 0 spiro atoms. The Kier molecular flexibility index (Phi) is 6.93. The van der Waals surface area contributed by atoms with Gasteiger partial charge in [0.15, 0.2) is 5.82 Å². The Labute approximate surface area is 175 Å². The lowest BCUT2D eigenvalue weighted by atomic mass is 10.0. The largest absolute Gasteiger partial charge is 0.446 e. The number of amides is 2. The minimum atomic E-state index is -4.36. The maximum absolute atomic E-state index is 12.8. The highest BCUT2D eigenvalue weighted by atomic mass is 32.2. The number of nitrogens with zero attached hydrogens (tertiary/aromatic N) is 2. The number of hydrogen-bond acceptors (Lipinski definition) is 6. The molecule has 1 aromatic heterocycles. The predicted molar refractivity (Wildman–Crippen MR) is 104 cm³/mol. The van der Waals surface area contributed by atoms with Crippen LogP contribution in [0.15, 0.2) is 47.6 Å². The van der Waals surface area contributed by atoms with Crippen LogP contribution >= 0.6 is 11.8 Å². The zero-order chi connectivity index (χ0) is 21.7. The van der Waals surface area contributed by atoms with Gasteiger partial charge in [-0.05, 0) is 41.9 Å². The topological polar surface area (TPSA) is 96.0 Å². The first-order valence-electron chi connectivity index (χ1n) is 9.23. The SMILES string of the molecule is CC[C@@H](NC(=O)C1CC(=O)NC(c2ncccn2)N1)c1ccc(SC(F)(F)F)cc1. The van der Waals surface area contributed by atoms with Gasteiger partial charge in [-0.25, -0.2) is 9.97 Å². The zero-order valence-electron chi connectivity index (χ0n) is 15.9. The lowest BCUT2D eigenvalue weighted by Gasteiger charge is -2.31. The molecular weight excluding hydrogens is 419 g/mol. The summed E-state index contributed by atoms with van der Waals surface area (Å²) in [5.74, 6) is -0.354. The summed E-state index contributed by atoms with van der Waals surface area (Å²) in [6.45, 7) is 1.85. The van der Waals surface area contributed by atoms with Gasteiger partial charge >= 0.3 is 5.51 Å². The van der Waals surface area contributed by atoms with Crippen LogP contribution in [0.4, 0.5) is 13.2 Å². The fraction of sp³-hybridized carbons (Fsp3) is 0.368. The van der Waals surface area contributed by atoms with E-state index in [0.717, 1.165) is 0 Å². The maximum atomic E-state index is 12.8.